The molecule has 3 aliphatic rings. The number of thiazole rings is 1. The lowest BCUT2D eigenvalue weighted by atomic mass is 9.80. The number of fused-ring (bicyclic) bond motifs is 1. The molecule has 1 aliphatic carbocycles. The number of carbonyl (C=O) groups excluding carboxylic acids is 4. The third kappa shape index (κ3) is 9.43. The number of nitrogens with two attached hydrogens (primary N) is 1. The van der Waals surface area contributed by atoms with Crippen LogP contribution in [0.1, 0.15) is 72.7 Å². The van der Waals surface area contributed by atoms with Gasteiger partial charge in [0.2, 0.25) is 11.9 Å². The Morgan fingerprint density at radius 2 is 1.53 bits per heavy atom. The quantitative estimate of drug-likeness (QED) is 0.0275. The maximum absolute atomic E-state index is 14.5. The van der Waals surface area contributed by atoms with E-state index in [9.17, 15) is 19.2 Å². The van der Waals surface area contributed by atoms with Crippen molar-refractivity contribution < 1.29 is 38.2 Å². The minimum atomic E-state index is -1.33. The number of ether oxygens (including phenoxy) is 3. The lowest BCUT2D eigenvalue weighted by Crippen LogP contribution is -2.71. The van der Waals surface area contributed by atoms with Crippen molar-refractivity contribution in [3.05, 3.63) is 166 Å². The number of nitrogens with zero attached hydrogens (tertiary/aromatic N) is 4. The van der Waals surface area contributed by atoms with Crippen LogP contribution in [0.25, 0.3) is 6.08 Å². The molecule has 16 heteroatoms. The number of β-lactam (4-membered cyclic amide) rings is 1. The molecule has 2 amide bonds. The van der Waals surface area contributed by atoms with Gasteiger partial charge in [-0.1, -0.05) is 121 Å². The predicted octanol–water partition coefficient (Wildman–Crippen LogP) is 7.88. The van der Waals surface area contributed by atoms with E-state index in [1.165, 1.54) is 23.6 Å². The number of pyridine rings is 1. The zero-order valence-electron chi connectivity index (χ0n) is 35.1. The maximum Gasteiger partial charge on any atom is 0.511 e. The molecule has 2 aromatic heterocycles. The number of allylic oxidation sites excluding steroid dienone is 1. The van der Waals surface area contributed by atoms with E-state index in [1.54, 1.807) is 29.8 Å². The summed E-state index contributed by atoms with van der Waals surface area (Å²) < 4.78 is 16.4. The second-order valence-electron chi connectivity index (χ2n) is 15.3. The van der Waals surface area contributed by atoms with Crippen LogP contribution in [-0.4, -0.2) is 74.1 Å². The first-order valence-corrected chi connectivity index (χ1v) is 22.9. The van der Waals surface area contributed by atoms with E-state index in [0.717, 1.165) is 71.4 Å². The Labute approximate surface area is 378 Å². The SMILES string of the molecule is Cc1ncccc1/C=C\C1=C(C(=O)OC(C)OC(=O)OC2CCCCC2)N2C(=O)[C@@H](NC(=O)/C(=N/OC(c3ccccc3)(c3ccccc3)c3ccccc3)c3csc(N)n3)[C@H]2SC1. The van der Waals surface area contributed by atoms with Gasteiger partial charge in [-0.15, -0.1) is 23.1 Å². The molecule has 8 rings (SSSR count). The molecule has 0 bridgehead atoms. The van der Waals surface area contributed by atoms with Gasteiger partial charge in [0.25, 0.3) is 11.8 Å². The van der Waals surface area contributed by atoms with Crippen LogP contribution in [0.3, 0.4) is 0 Å². The summed E-state index contributed by atoms with van der Waals surface area (Å²) in [5.41, 5.74) is 8.91. The molecule has 1 unspecified atom stereocenters. The lowest BCUT2D eigenvalue weighted by Gasteiger charge is -2.49. The van der Waals surface area contributed by atoms with Crippen LogP contribution in [0, 0.1) is 6.92 Å². The normalized spacial score (nSPS) is 18.4. The van der Waals surface area contributed by atoms with E-state index in [1.807, 2.05) is 104 Å². The fourth-order valence-corrected chi connectivity index (χ4v) is 9.80. The molecular formula is C48H46N6O8S2. The second-order valence-corrected chi connectivity index (χ2v) is 17.3. The average Bonchev–Trinajstić information content (AvgIpc) is 3.75. The fourth-order valence-electron chi connectivity index (χ4n) is 7.94. The standard InChI is InChI=1S/C48H46N6O8S2/c1-30-32(16-15-27-50-30)25-26-33-28-63-44-40(43(56)54(44)41(33)45(57)59-31(2)60-47(58)61-37-23-13-6-14-24-37)52-42(55)39(38-29-64-46(49)51-38)53-62-48(34-17-7-3-8-18-34,35-19-9-4-10-20-35)36-21-11-5-12-22-36/h3-5,7-12,15-22,25-27,29,31,37,40,44H,6,13-14,23-24,28H2,1-2H3,(H2,49,51)(H,52,55)/b26-25-,53-39+/t31?,40-,44-/m1/s1. The molecular weight excluding hydrogens is 853 g/mol. The molecule has 64 heavy (non-hydrogen) atoms. The average molecular weight is 899 g/mol. The number of thioether (sulfide) groups is 1. The molecule has 3 atom stereocenters. The number of oxime groups is 1. The molecule has 5 aromatic rings. The van der Waals surface area contributed by atoms with E-state index < -0.39 is 47.2 Å². The van der Waals surface area contributed by atoms with Gasteiger partial charge in [0, 0.05) is 46.6 Å². The van der Waals surface area contributed by atoms with E-state index in [4.69, 9.17) is 24.8 Å². The lowest BCUT2D eigenvalue weighted by molar-refractivity contribution is -0.169. The summed E-state index contributed by atoms with van der Waals surface area (Å²) in [6.07, 6.45) is 7.16. The number of aryl methyl sites for hydroxylation is 1. The highest BCUT2D eigenvalue weighted by molar-refractivity contribution is 8.00. The molecule has 2 fully saturated rings. The van der Waals surface area contributed by atoms with Crippen LogP contribution >= 0.6 is 23.1 Å². The highest BCUT2D eigenvalue weighted by Gasteiger charge is 2.55. The van der Waals surface area contributed by atoms with Crippen LogP contribution in [0.5, 0.6) is 0 Å². The number of hydrogen-bond acceptors (Lipinski definition) is 14. The van der Waals surface area contributed by atoms with E-state index in [0.29, 0.717) is 5.57 Å². The third-order valence-electron chi connectivity index (χ3n) is 11.1. The number of anilines is 1. The maximum atomic E-state index is 14.5. The Morgan fingerprint density at radius 1 is 0.891 bits per heavy atom. The summed E-state index contributed by atoms with van der Waals surface area (Å²) in [4.78, 5) is 72.1. The van der Waals surface area contributed by atoms with Crippen molar-refractivity contribution in [2.75, 3.05) is 11.5 Å². The molecule has 2 aliphatic heterocycles. The van der Waals surface area contributed by atoms with Crippen molar-refractivity contribution in [2.45, 2.75) is 75.4 Å². The molecule has 3 N–H and O–H groups in total. The minimum absolute atomic E-state index is 0.0454. The van der Waals surface area contributed by atoms with Crippen molar-refractivity contribution in [2.24, 2.45) is 5.16 Å². The molecule has 14 nitrogen and oxygen atoms in total. The summed E-state index contributed by atoms with van der Waals surface area (Å²) >= 11 is 2.47. The Kier molecular flexibility index (Phi) is 13.5. The smallest absolute Gasteiger partial charge is 0.431 e. The van der Waals surface area contributed by atoms with Crippen LogP contribution in [-0.2, 0) is 39.0 Å². The van der Waals surface area contributed by atoms with Gasteiger partial charge in [0.05, 0.1) is 0 Å². The van der Waals surface area contributed by atoms with Gasteiger partial charge in [-0.3, -0.25) is 19.5 Å². The van der Waals surface area contributed by atoms with Gasteiger partial charge < -0.3 is 30.1 Å². The number of amides is 2. The van der Waals surface area contributed by atoms with Crippen LogP contribution in [0.2, 0.25) is 0 Å². The van der Waals surface area contributed by atoms with Gasteiger partial charge in [-0.05, 0) is 49.8 Å². The number of carbonyl (C=O) groups is 4. The van der Waals surface area contributed by atoms with Crippen molar-refractivity contribution in [1.29, 1.82) is 0 Å². The molecule has 328 valence electrons. The monoisotopic (exact) mass is 898 g/mol. The van der Waals surface area contributed by atoms with Gasteiger partial charge in [-0.2, -0.15) is 0 Å². The van der Waals surface area contributed by atoms with E-state index >= 15 is 0 Å². The summed E-state index contributed by atoms with van der Waals surface area (Å²) in [7, 11) is 0. The van der Waals surface area contributed by atoms with Gasteiger partial charge in [0.15, 0.2) is 10.8 Å². The molecule has 1 saturated heterocycles. The number of esters is 1. The number of nitrogen functional groups attached to an aromatic ring is 1. The van der Waals surface area contributed by atoms with Crippen LogP contribution in [0.15, 0.2) is 137 Å². The Morgan fingerprint density at radius 3 is 2.12 bits per heavy atom. The van der Waals surface area contributed by atoms with Crippen molar-refractivity contribution >= 4 is 64.0 Å². The topological polar surface area (TPSA) is 185 Å². The first-order valence-electron chi connectivity index (χ1n) is 20.9. The molecule has 1 saturated carbocycles. The van der Waals surface area contributed by atoms with Gasteiger partial charge >= 0.3 is 12.1 Å². The highest BCUT2D eigenvalue weighted by atomic mass is 32.2. The molecule has 0 spiro atoms. The number of benzene rings is 3. The van der Waals surface area contributed by atoms with Crippen molar-refractivity contribution in [1.82, 2.24) is 20.2 Å². The number of hydrogen-bond donors (Lipinski definition) is 2. The van der Waals surface area contributed by atoms with Gasteiger partial charge in [-0.25, -0.2) is 14.6 Å². The first kappa shape index (κ1) is 43.9. The Hall–Kier alpha value is -6.78. The molecule has 0 radical (unpaired) electrons. The summed E-state index contributed by atoms with van der Waals surface area (Å²) in [5, 5.41) is 8.48. The highest BCUT2D eigenvalue weighted by Crippen LogP contribution is 2.43. The van der Waals surface area contributed by atoms with E-state index in [2.05, 4.69) is 20.4 Å². The van der Waals surface area contributed by atoms with Crippen LogP contribution in [0.4, 0.5) is 9.93 Å². The predicted molar refractivity (Wildman–Crippen MR) is 243 cm³/mol. The first-order chi connectivity index (χ1) is 31.1. The summed E-state index contributed by atoms with van der Waals surface area (Å²) in [5.74, 6) is -1.95. The van der Waals surface area contributed by atoms with Crippen molar-refractivity contribution in [3.63, 3.8) is 0 Å². The number of rotatable bonds is 14. The summed E-state index contributed by atoms with van der Waals surface area (Å²) in [6, 6.07) is 31.2. The van der Waals surface area contributed by atoms with Crippen molar-refractivity contribution in [3.8, 4) is 0 Å². The largest absolute Gasteiger partial charge is 0.511 e. The van der Waals surface area contributed by atoms with Gasteiger partial charge in [0.1, 0.15) is 28.9 Å². The summed E-state index contributed by atoms with van der Waals surface area (Å²) in [6.45, 7) is 3.27. The molecule has 4 heterocycles. The number of aromatic nitrogens is 2. The van der Waals surface area contributed by atoms with Crippen LogP contribution < -0.4 is 11.1 Å². The fraction of sp³-hybridized carbons (Fsp3) is 0.271. The zero-order chi connectivity index (χ0) is 44.6. The molecule has 3 aromatic carbocycles. The minimum Gasteiger partial charge on any atom is -0.431 e. The number of nitrogens with one attached hydrogen (secondary N) is 1. The zero-order valence-corrected chi connectivity index (χ0v) is 36.8. The second kappa shape index (κ2) is 19.7. The van der Waals surface area contributed by atoms with E-state index in [-0.39, 0.29) is 34.1 Å². The Bertz CT molecular complexity index is 2480. The third-order valence-corrected chi connectivity index (χ3v) is 13.1. The Balaban J connectivity index is 1.08.